The highest BCUT2D eigenvalue weighted by molar-refractivity contribution is 5.98. The van der Waals surface area contributed by atoms with Gasteiger partial charge < -0.3 is 32.3 Å². The summed E-state index contributed by atoms with van der Waals surface area (Å²) in [5.41, 5.74) is 8.52. The molecule has 0 fully saturated rings. The second kappa shape index (κ2) is 18.5. The molecule has 0 aliphatic heterocycles. The number of aromatic amines is 1. The lowest BCUT2D eigenvalue weighted by molar-refractivity contribution is -0.378. The van der Waals surface area contributed by atoms with Crippen LogP contribution in [0.5, 0.6) is 0 Å². The molecule has 11 heteroatoms. The number of hydrogen-bond donors (Lipinski definition) is 6. The summed E-state index contributed by atoms with van der Waals surface area (Å²) in [7, 11) is 0. The zero-order chi connectivity index (χ0) is 35.1. The lowest BCUT2D eigenvalue weighted by atomic mass is 9.87. The van der Waals surface area contributed by atoms with Crippen LogP contribution in [0.4, 0.5) is 5.69 Å². The molecule has 0 saturated carbocycles. The maximum Gasteiger partial charge on any atom is 0.252 e. The molecule has 258 valence electrons. The van der Waals surface area contributed by atoms with E-state index in [1.165, 1.54) is 0 Å². The summed E-state index contributed by atoms with van der Waals surface area (Å²) in [6.07, 6.45) is 5.25. The Kier molecular flexibility index (Phi) is 14.6. The van der Waals surface area contributed by atoms with Crippen LogP contribution in [0.1, 0.15) is 75.4 Å². The maximum absolute atomic E-state index is 13.8. The van der Waals surface area contributed by atoms with Crippen LogP contribution in [-0.4, -0.2) is 54.3 Å². The van der Waals surface area contributed by atoms with Crippen molar-refractivity contribution in [3.63, 3.8) is 0 Å². The van der Waals surface area contributed by atoms with Gasteiger partial charge in [0.15, 0.2) is 12.4 Å². The first-order valence-electron chi connectivity index (χ1n) is 16.6. The van der Waals surface area contributed by atoms with E-state index in [0.717, 1.165) is 11.1 Å². The van der Waals surface area contributed by atoms with Gasteiger partial charge in [-0.1, -0.05) is 76.6 Å². The lowest BCUT2D eigenvalue weighted by Gasteiger charge is -2.29. The van der Waals surface area contributed by atoms with Crippen molar-refractivity contribution < 1.29 is 24.2 Å². The van der Waals surface area contributed by atoms with Crippen LogP contribution in [0.2, 0.25) is 0 Å². The first-order chi connectivity index (χ1) is 22.8. The van der Waals surface area contributed by atoms with E-state index in [4.69, 9.17) is 5.73 Å². The van der Waals surface area contributed by atoms with Crippen molar-refractivity contribution in [1.82, 2.24) is 26.6 Å². The topological polar surface area (TPSA) is 169 Å². The molecule has 0 aliphatic rings. The number of hydrogen-bond acceptors (Lipinski definition) is 6. The van der Waals surface area contributed by atoms with Gasteiger partial charge in [0, 0.05) is 37.0 Å². The van der Waals surface area contributed by atoms with E-state index in [9.17, 15) is 19.2 Å². The Morgan fingerprint density at radius 2 is 1.44 bits per heavy atom. The van der Waals surface area contributed by atoms with E-state index in [-0.39, 0.29) is 29.2 Å². The number of carbonyl (C=O) groups excluding carboxylic acids is 4. The Balaban J connectivity index is 1.68. The number of carbonyl (C=O) groups is 4. The summed E-state index contributed by atoms with van der Waals surface area (Å²) in [5, 5.41) is 15.1. The van der Waals surface area contributed by atoms with Crippen LogP contribution in [0.25, 0.3) is 0 Å². The minimum atomic E-state index is -0.844. The van der Waals surface area contributed by atoms with Crippen LogP contribution in [-0.2, 0) is 27.3 Å². The molecule has 0 spiro atoms. The normalized spacial score (nSPS) is 13.8. The number of anilines is 1. The fourth-order valence-electron chi connectivity index (χ4n) is 5.20. The highest BCUT2D eigenvalue weighted by Gasteiger charge is 2.31. The molecule has 1 unspecified atom stereocenters. The summed E-state index contributed by atoms with van der Waals surface area (Å²) in [5.74, 6) is -1.29. The highest BCUT2D eigenvalue weighted by Crippen LogP contribution is 2.21. The molecule has 48 heavy (non-hydrogen) atoms. The number of pyridine rings is 1. The van der Waals surface area contributed by atoms with Gasteiger partial charge in [-0.15, -0.1) is 0 Å². The third-order valence-electron chi connectivity index (χ3n) is 7.81. The van der Waals surface area contributed by atoms with E-state index in [1.54, 1.807) is 43.6 Å². The Morgan fingerprint density at radius 3 is 2.06 bits per heavy atom. The standard InChI is InChI=1S/C37H51N7O4/c1-6-10-31(43-36(48)32(22-37(3,4)5)44-34(46)28-17-19-39-20-18-28)35(47)42-30(21-26-11-8-7-9-12-26)24-40-25(2)33(45)41-23-27-13-15-29(38)16-14-27/h7-9,11-20,25,30-32,40H,6,10,21-24,38H2,1-5H3,(H,41,45)(H,42,47)(H,43,48)(H,44,46)/p+1/t25-,30?,31-,32-/m0/s1. The molecule has 4 amide bonds. The average Bonchev–Trinajstić information content (AvgIpc) is 3.06. The van der Waals surface area contributed by atoms with Gasteiger partial charge in [0.1, 0.15) is 12.1 Å². The maximum atomic E-state index is 13.8. The minimum Gasteiger partial charge on any atom is -0.399 e. The zero-order valence-electron chi connectivity index (χ0n) is 28.8. The second-order valence-electron chi connectivity index (χ2n) is 13.4. The summed E-state index contributed by atoms with van der Waals surface area (Å²) >= 11 is 0. The first-order valence-corrected chi connectivity index (χ1v) is 16.6. The van der Waals surface area contributed by atoms with Crippen LogP contribution in [0.3, 0.4) is 0 Å². The Bertz CT molecular complexity index is 1460. The van der Waals surface area contributed by atoms with Crippen LogP contribution < -0.4 is 37.3 Å². The molecule has 11 nitrogen and oxygen atoms in total. The van der Waals surface area contributed by atoms with Crippen molar-refractivity contribution in [2.45, 2.75) is 91.0 Å². The number of rotatable bonds is 17. The van der Waals surface area contributed by atoms with Crippen molar-refractivity contribution >= 4 is 29.3 Å². The molecular weight excluding hydrogens is 606 g/mol. The number of amides is 4. The number of aromatic nitrogens is 1. The smallest absolute Gasteiger partial charge is 0.252 e. The van der Waals surface area contributed by atoms with Gasteiger partial charge in [-0.25, -0.2) is 4.98 Å². The molecule has 1 aromatic heterocycles. The predicted molar refractivity (Wildman–Crippen MR) is 187 cm³/mol. The molecule has 8 N–H and O–H groups in total. The molecule has 3 rings (SSSR count). The number of nitrogens with two attached hydrogens (primary N) is 1. The zero-order valence-corrected chi connectivity index (χ0v) is 28.8. The first kappa shape index (κ1) is 37.7. The number of benzene rings is 2. The van der Waals surface area contributed by atoms with Crippen LogP contribution in [0.15, 0.2) is 79.1 Å². The van der Waals surface area contributed by atoms with E-state index >= 15 is 0 Å². The van der Waals surface area contributed by atoms with Gasteiger partial charge in [-0.2, -0.15) is 0 Å². The third-order valence-corrected chi connectivity index (χ3v) is 7.81. The molecule has 1 heterocycles. The van der Waals surface area contributed by atoms with Crippen LogP contribution >= 0.6 is 0 Å². The summed E-state index contributed by atoms with van der Waals surface area (Å²) < 4.78 is 0. The Hall–Kier alpha value is -4.77. The van der Waals surface area contributed by atoms with Gasteiger partial charge >= 0.3 is 0 Å². The van der Waals surface area contributed by atoms with Gasteiger partial charge in [-0.3, -0.25) is 19.2 Å². The van der Waals surface area contributed by atoms with E-state index in [1.807, 2.05) is 70.2 Å². The SMILES string of the molecule is CCC[C@H](NC(=O)[C@H](CC(C)(C)C)NC(=O)c1cc[nH+]cc1)C(=O)NC(CN[C@@H](C)C(=O)NCc1ccc(N)cc1)Cc1ccccc1. The molecule has 0 bridgehead atoms. The molecule has 0 aliphatic carbocycles. The van der Waals surface area contributed by atoms with Gasteiger partial charge in [0.2, 0.25) is 17.7 Å². The minimum absolute atomic E-state index is 0.173. The largest absolute Gasteiger partial charge is 0.399 e. The fourth-order valence-corrected chi connectivity index (χ4v) is 5.20. The molecule has 4 atom stereocenters. The monoisotopic (exact) mass is 658 g/mol. The molecule has 2 aromatic carbocycles. The van der Waals surface area contributed by atoms with Crippen molar-refractivity contribution in [2.24, 2.45) is 5.41 Å². The van der Waals surface area contributed by atoms with Crippen molar-refractivity contribution in [2.75, 3.05) is 12.3 Å². The van der Waals surface area contributed by atoms with Crippen molar-refractivity contribution in [1.29, 1.82) is 0 Å². The quantitative estimate of drug-likeness (QED) is 0.122. The van der Waals surface area contributed by atoms with E-state index in [0.29, 0.717) is 50.0 Å². The predicted octanol–water partition coefficient (Wildman–Crippen LogP) is 2.92. The van der Waals surface area contributed by atoms with E-state index in [2.05, 4.69) is 31.6 Å². The summed E-state index contributed by atoms with van der Waals surface area (Å²) in [6.45, 7) is 10.4. The number of nitrogens with one attached hydrogen (secondary N) is 6. The summed E-state index contributed by atoms with van der Waals surface area (Å²) in [4.78, 5) is 56.1. The lowest BCUT2D eigenvalue weighted by Crippen LogP contribution is -2.57. The molecular formula is C37H52N7O4+. The molecule has 3 aromatic rings. The molecule has 0 saturated heterocycles. The van der Waals surface area contributed by atoms with E-state index < -0.39 is 24.0 Å². The van der Waals surface area contributed by atoms with Crippen molar-refractivity contribution in [3.05, 3.63) is 95.8 Å². The van der Waals surface area contributed by atoms with Gasteiger partial charge in [0.25, 0.3) is 5.91 Å². The van der Waals surface area contributed by atoms with Crippen molar-refractivity contribution in [3.8, 4) is 0 Å². The summed E-state index contributed by atoms with van der Waals surface area (Å²) in [6, 6.07) is 17.8. The molecule has 0 radical (unpaired) electrons. The number of H-pyrrole nitrogens is 1. The highest BCUT2D eigenvalue weighted by atomic mass is 16.2. The van der Waals surface area contributed by atoms with Gasteiger partial charge in [0.05, 0.1) is 11.6 Å². The van der Waals surface area contributed by atoms with Crippen LogP contribution in [0, 0.1) is 5.41 Å². The van der Waals surface area contributed by atoms with Gasteiger partial charge in [-0.05, 0) is 54.9 Å². The second-order valence-corrected chi connectivity index (χ2v) is 13.4. The Labute approximate surface area is 284 Å². The third kappa shape index (κ3) is 13.2. The average molecular weight is 659 g/mol. The fraction of sp³-hybridized carbons (Fsp3) is 0.432. The number of nitrogen functional groups attached to an aromatic ring is 1. The Morgan fingerprint density at radius 1 is 0.792 bits per heavy atom.